The maximum absolute atomic E-state index is 12.3. The summed E-state index contributed by atoms with van der Waals surface area (Å²) in [6.45, 7) is 2.78. The second-order valence-electron chi connectivity index (χ2n) is 6.35. The molecule has 0 heterocycles. The number of benzene rings is 1. The minimum Gasteiger partial charge on any atom is -0.352 e. The summed E-state index contributed by atoms with van der Waals surface area (Å²) in [5, 5.41) is 6.01. The largest absolute Gasteiger partial charge is 0.352 e. The van der Waals surface area contributed by atoms with Crippen LogP contribution >= 0.6 is 0 Å². The van der Waals surface area contributed by atoms with Crippen LogP contribution in [-0.2, 0) is 0 Å². The Morgan fingerprint density at radius 3 is 2.09 bits per heavy atom. The van der Waals surface area contributed by atoms with E-state index in [1.807, 2.05) is 0 Å². The summed E-state index contributed by atoms with van der Waals surface area (Å²) < 4.78 is 0. The van der Waals surface area contributed by atoms with Gasteiger partial charge in [-0.3, -0.25) is 9.59 Å². The summed E-state index contributed by atoms with van der Waals surface area (Å²) in [7, 11) is 0. The van der Waals surface area contributed by atoms with Crippen molar-refractivity contribution < 1.29 is 9.59 Å². The molecule has 1 fully saturated rings. The van der Waals surface area contributed by atoms with Crippen molar-refractivity contribution in [1.82, 2.24) is 10.6 Å². The second-order valence-corrected chi connectivity index (χ2v) is 6.35. The molecule has 23 heavy (non-hydrogen) atoms. The monoisotopic (exact) mass is 316 g/mol. The van der Waals surface area contributed by atoms with Crippen LogP contribution in [0.4, 0.5) is 0 Å². The first kappa shape index (κ1) is 17.5. The molecular formula is C19H28N2O2. The van der Waals surface area contributed by atoms with Gasteiger partial charge in [-0.05, 0) is 43.5 Å². The van der Waals surface area contributed by atoms with E-state index in [1.54, 1.807) is 24.3 Å². The minimum absolute atomic E-state index is 0.0326. The predicted molar refractivity (Wildman–Crippen MR) is 92.6 cm³/mol. The predicted octanol–water partition coefficient (Wildman–Crippen LogP) is 3.67. The molecule has 1 aromatic carbocycles. The normalized spacial score (nSPS) is 15.7. The number of carbonyl (C=O) groups excluding carboxylic acids is 2. The molecule has 0 spiro atoms. The lowest BCUT2D eigenvalue weighted by atomic mass is 10.1. The van der Waals surface area contributed by atoms with E-state index in [9.17, 15) is 9.59 Å². The topological polar surface area (TPSA) is 58.2 Å². The van der Waals surface area contributed by atoms with E-state index >= 15 is 0 Å². The van der Waals surface area contributed by atoms with Crippen LogP contribution < -0.4 is 10.6 Å². The average molecular weight is 316 g/mol. The van der Waals surface area contributed by atoms with Gasteiger partial charge in [0.25, 0.3) is 11.8 Å². The molecule has 0 atom stereocenters. The summed E-state index contributed by atoms with van der Waals surface area (Å²) in [4.78, 5) is 24.2. The van der Waals surface area contributed by atoms with Gasteiger partial charge in [0.05, 0.1) is 0 Å². The zero-order chi connectivity index (χ0) is 16.5. The summed E-state index contributed by atoms with van der Waals surface area (Å²) in [6.07, 6.45) is 9.12. The maximum atomic E-state index is 12.3. The highest BCUT2D eigenvalue weighted by Gasteiger charge is 2.16. The molecule has 2 N–H and O–H groups in total. The fraction of sp³-hybridized carbons (Fsp3) is 0.579. The molecule has 0 aliphatic heterocycles. The third-order valence-electron chi connectivity index (χ3n) is 4.42. The Morgan fingerprint density at radius 1 is 0.957 bits per heavy atom. The number of unbranched alkanes of at least 4 members (excludes halogenated alkanes) is 1. The number of rotatable bonds is 6. The van der Waals surface area contributed by atoms with Crippen molar-refractivity contribution in [2.24, 2.45) is 0 Å². The Labute approximate surface area is 139 Å². The second kappa shape index (κ2) is 9.33. The standard InChI is InChI=1S/C19H28N2O2/c1-2-3-14-20-18(22)15-10-12-16(13-11-15)19(23)21-17-8-6-4-5-7-9-17/h10-13,17H,2-9,14H2,1H3,(H,20,22)(H,21,23). The highest BCUT2D eigenvalue weighted by molar-refractivity contribution is 5.97. The van der Waals surface area contributed by atoms with Crippen molar-refractivity contribution in [3.63, 3.8) is 0 Å². The van der Waals surface area contributed by atoms with Gasteiger partial charge < -0.3 is 10.6 Å². The van der Waals surface area contributed by atoms with Gasteiger partial charge in [0.1, 0.15) is 0 Å². The lowest BCUT2D eigenvalue weighted by Crippen LogP contribution is -2.34. The van der Waals surface area contributed by atoms with E-state index in [-0.39, 0.29) is 11.8 Å². The molecule has 0 bridgehead atoms. The van der Waals surface area contributed by atoms with E-state index in [0.717, 1.165) is 25.7 Å². The smallest absolute Gasteiger partial charge is 0.251 e. The molecule has 2 rings (SSSR count). The van der Waals surface area contributed by atoms with Gasteiger partial charge >= 0.3 is 0 Å². The number of hydrogen-bond donors (Lipinski definition) is 2. The Kier molecular flexibility index (Phi) is 7.11. The molecule has 0 radical (unpaired) electrons. The summed E-state index contributed by atoms with van der Waals surface area (Å²) in [5.74, 6) is -0.107. The van der Waals surface area contributed by atoms with E-state index in [1.165, 1.54) is 25.7 Å². The van der Waals surface area contributed by atoms with Crippen molar-refractivity contribution >= 4 is 11.8 Å². The summed E-state index contributed by atoms with van der Waals surface area (Å²) in [6, 6.07) is 7.22. The fourth-order valence-corrected chi connectivity index (χ4v) is 2.95. The molecule has 1 aromatic rings. The summed E-state index contributed by atoms with van der Waals surface area (Å²) >= 11 is 0. The van der Waals surface area contributed by atoms with Gasteiger partial charge in [0, 0.05) is 23.7 Å². The Balaban J connectivity index is 1.87. The molecule has 4 nitrogen and oxygen atoms in total. The molecule has 0 unspecified atom stereocenters. The van der Waals surface area contributed by atoms with E-state index in [0.29, 0.717) is 23.7 Å². The van der Waals surface area contributed by atoms with E-state index in [4.69, 9.17) is 0 Å². The van der Waals surface area contributed by atoms with Crippen LogP contribution in [-0.4, -0.2) is 24.4 Å². The quantitative estimate of drug-likeness (QED) is 0.621. The zero-order valence-corrected chi connectivity index (χ0v) is 14.1. The molecule has 126 valence electrons. The molecule has 4 heteroatoms. The first-order chi connectivity index (χ1) is 11.2. The van der Waals surface area contributed by atoms with Crippen LogP contribution in [0.15, 0.2) is 24.3 Å². The summed E-state index contributed by atoms with van der Waals surface area (Å²) in [5.41, 5.74) is 1.23. The number of carbonyl (C=O) groups is 2. The SMILES string of the molecule is CCCCNC(=O)c1ccc(C(=O)NC2CCCCCC2)cc1. The highest BCUT2D eigenvalue weighted by Crippen LogP contribution is 2.17. The first-order valence-corrected chi connectivity index (χ1v) is 8.90. The molecule has 1 aliphatic rings. The Morgan fingerprint density at radius 2 is 1.52 bits per heavy atom. The molecule has 2 amide bonds. The molecule has 1 saturated carbocycles. The van der Waals surface area contributed by atoms with Gasteiger partial charge in [-0.25, -0.2) is 0 Å². The van der Waals surface area contributed by atoms with Crippen molar-refractivity contribution in [1.29, 1.82) is 0 Å². The van der Waals surface area contributed by atoms with Crippen molar-refractivity contribution in [2.75, 3.05) is 6.54 Å². The fourth-order valence-electron chi connectivity index (χ4n) is 2.95. The van der Waals surface area contributed by atoms with Gasteiger partial charge in [0.15, 0.2) is 0 Å². The van der Waals surface area contributed by atoms with Gasteiger partial charge in [0.2, 0.25) is 0 Å². The number of amides is 2. The lowest BCUT2D eigenvalue weighted by Gasteiger charge is -2.16. The molecule has 0 aromatic heterocycles. The Hall–Kier alpha value is -1.84. The molecule has 1 aliphatic carbocycles. The highest BCUT2D eigenvalue weighted by atomic mass is 16.2. The number of nitrogens with one attached hydrogen (secondary N) is 2. The third kappa shape index (κ3) is 5.70. The van der Waals surface area contributed by atoms with Crippen molar-refractivity contribution in [2.45, 2.75) is 64.3 Å². The van der Waals surface area contributed by atoms with E-state index in [2.05, 4.69) is 17.6 Å². The Bertz CT molecular complexity index is 503. The van der Waals surface area contributed by atoms with Crippen LogP contribution in [0.3, 0.4) is 0 Å². The average Bonchev–Trinajstić information content (AvgIpc) is 2.84. The third-order valence-corrected chi connectivity index (χ3v) is 4.42. The lowest BCUT2D eigenvalue weighted by molar-refractivity contribution is 0.0927. The van der Waals surface area contributed by atoms with Crippen molar-refractivity contribution in [3.05, 3.63) is 35.4 Å². The maximum Gasteiger partial charge on any atom is 0.251 e. The molecular weight excluding hydrogens is 288 g/mol. The van der Waals surface area contributed by atoms with Crippen LogP contribution in [0.25, 0.3) is 0 Å². The van der Waals surface area contributed by atoms with Crippen LogP contribution in [0.2, 0.25) is 0 Å². The zero-order valence-electron chi connectivity index (χ0n) is 14.1. The van der Waals surface area contributed by atoms with Crippen LogP contribution in [0, 0.1) is 0 Å². The first-order valence-electron chi connectivity index (χ1n) is 8.90. The van der Waals surface area contributed by atoms with Gasteiger partial charge in [-0.1, -0.05) is 39.0 Å². The minimum atomic E-state index is -0.0748. The van der Waals surface area contributed by atoms with Gasteiger partial charge in [-0.2, -0.15) is 0 Å². The molecule has 0 saturated heterocycles. The van der Waals surface area contributed by atoms with Crippen LogP contribution in [0.5, 0.6) is 0 Å². The van der Waals surface area contributed by atoms with Crippen LogP contribution in [0.1, 0.15) is 79.0 Å². The number of hydrogen-bond acceptors (Lipinski definition) is 2. The van der Waals surface area contributed by atoms with E-state index < -0.39 is 0 Å². The van der Waals surface area contributed by atoms with Crippen molar-refractivity contribution in [3.8, 4) is 0 Å². The van der Waals surface area contributed by atoms with Gasteiger partial charge in [-0.15, -0.1) is 0 Å².